The lowest BCUT2D eigenvalue weighted by Gasteiger charge is -2.15. The molecule has 0 aliphatic heterocycles. The Kier molecular flexibility index (Phi) is 5.65. The summed E-state index contributed by atoms with van der Waals surface area (Å²) in [7, 11) is 0. The van der Waals surface area contributed by atoms with Crippen molar-refractivity contribution in [2.45, 2.75) is 6.04 Å². The van der Waals surface area contributed by atoms with E-state index >= 15 is 0 Å². The van der Waals surface area contributed by atoms with Crippen LogP contribution in [0.4, 0.5) is 0 Å². The third-order valence-corrected chi connectivity index (χ3v) is 4.14. The minimum absolute atomic E-state index is 0.0109. The van der Waals surface area contributed by atoms with Crippen LogP contribution in [0.25, 0.3) is 0 Å². The van der Waals surface area contributed by atoms with Crippen molar-refractivity contribution in [1.82, 2.24) is 0 Å². The van der Waals surface area contributed by atoms with Gasteiger partial charge in [0.05, 0.1) is 15.1 Å². The first-order chi connectivity index (χ1) is 8.27. The third kappa shape index (κ3) is 3.26. The second-order valence-corrected chi connectivity index (χ2v) is 5.04. The van der Waals surface area contributed by atoms with Gasteiger partial charge in [-0.05, 0) is 0 Å². The first kappa shape index (κ1) is 16.0. The number of nitrogens with two attached hydrogens (primary N) is 1. The SMILES string of the molecule is NC(COc1c(Cl)c(Cl)c(Cl)c(Cl)c1Cl)C(=O)O. The van der Waals surface area contributed by atoms with E-state index in [1.807, 2.05) is 0 Å². The maximum absolute atomic E-state index is 10.5. The van der Waals surface area contributed by atoms with Gasteiger partial charge in [0.1, 0.15) is 22.7 Å². The molecule has 0 fully saturated rings. The van der Waals surface area contributed by atoms with Crippen molar-refractivity contribution in [2.24, 2.45) is 5.73 Å². The van der Waals surface area contributed by atoms with Crippen LogP contribution in [0, 0.1) is 0 Å². The van der Waals surface area contributed by atoms with E-state index in [2.05, 4.69) is 0 Å². The molecule has 9 heteroatoms. The van der Waals surface area contributed by atoms with Crippen molar-refractivity contribution in [1.29, 1.82) is 0 Å². The van der Waals surface area contributed by atoms with Gasteiger partial charge in [-0.15, -0.1) is 0 Å². The van der Waals surface area contributed by atoms with Crippen LogP contribution in [0.3, 0.4) is 0 Å². The Morgan fingerprint density at radius 3 is 1.83 bits per heavy atom. The number of ether oxygens (including phenoxy) is 1. The van der Waals surface area contributed by atoms with E-state index < -0.39 is 12.0 Å². The molecule has 4 nitrogen and oxygen atoms in total. The molecule has 0 saturated carbocycles. The quantitative estimate of drug-likeness (QED) is 0.639. The third-order valence-electron chi connectivity index (χ3n) is 1.89. The number of hydrogen-bond acceptors (Lipinski definition) is 3. The molecule has 0 amide bonds. The largest absolute Gasteiger partial charge is 0.488 e. The molecule has 1 aromatic rings. The molecule has 0 radical (unpaired) electrons. The molecule has 0 spiro atoms. The fourth-order valence-corrected chi connectivity index (χ4v) is 2.19. The Morgan fingerprint density at radius 2 is 1.44 bits per heavy atom. The molecule has 0 saturated heterocycles. The highest BCUT2D eigenvalue weighted by molar-refractivity contribution is 6.55. The second-order valence-electron chi connectivity index (χ2n) is 3.15. The van der Waals surface area contributed by atoms with Crippen LogP contribution in [-0.2, 0) is 4.79 Å². The average Bonchev–Trinajstić information content (AvgIpc) is 2.33. The highest BCUT2D eigenvalue weighted by atomic mass is 35.5. The minimum Gasteiger partial charge on any atom is -0.488 e. The number of carboxylic acid groups (broad SMARTS) is 1. The zero-order valence-corrected chi connectivity index (χ0v) is 12.3. The lowest BCUT2D eigenvalue weighted by atomic mass is 10.3. The van der Waals surface area contributed by atoms with Gasteiger partial charge >= 0.3 is 5.97 Å². The Balaban J connectivity index is 3.07. The van der Waals surface area contributed by atoms with Crippen LogP contribution < -0.4 is 10.5 Å². The highest BCUT2D eigenvalue weighted by Gasteiger charge is 2.22. The standard InChI is InChI=1S/C9H6Cl5NO3/c10-3-4(11)6(13)8(7(14)5(3)12)18-1-2(15)9(16)17/h2H,1,15H2,(H,16,17). The van der Waals surface area contributed by atoms with Crippen molar-refractivity contribution in [3.05, 3.63) is 25.1 Å². The first-order valence-corrected chi connectivity index (χ1v) is 6.29. The monoisotopic (exact) mass is 351 g/mol. The van der Waals surface area contributed by atoms with Crippen LogP contribution in [-0.4, -0.2) is 23.7 Å². The number of hydrogen-bond donors (Lipinski definition) is 2. The zero-order chi connectivity index (χ0) is 14.0. The van der Waals surface area contributed by atoms with Crippen LogP contribution in [0.1, 0.15) is 0 Å². The Bertz CT molecular complexity index is 465. The predicted molar refractivity (Wildman–Crippen MR) is 72.6 cm³/mol. The van der Waals surface area contributed by atoms with Crippen molar-refractivity contribution >= 4 is 64.0 Å². The second kappa shape index (κ2) is 6.37. The summed E-state index contributed by atoms with van der Waals surface area (Å²) in [6.45, 7) is -0.344. The summed E-state index contributed by atoms with van der Waals surface area (Å²) in [4.78, 5) is 10.5. The molecule has 1 atom stereocenters. The van der Waals surface area contributed by atoms with Gasteiger partial charge in [-0.1, -0.05) is 58.0 Å². The zero-order valence-electron chi connectivity index (χ0n) is 8.52. The first-order valence-electron chi connectivity index (χ1n) is 4.40. The van der Waals surface area contributed by atoms with Crippen LogP contribution >= 0.6 is 58.0 Å². The van der Waals surface area contributed by atoms with E-state index in [4.69, 9.17) is 73.6 Å². The molecular formula is C9H6Cl5NO3. The summed E-state index contributed by atoms with van der Waals surface area (Å²) in [5.41, 5.74) is 5.27. The normalized spacial score (nSPS) is 12.3. The minimum atomic E-state index is -1.23. The number of carbonyl (C=O) groups is 1. The van der Waals surface area contributed by atoms with Gasteiger partial charge in [0.25, 0.3) is 0 Å². The molecule has 0 bridgehead atoms. The van der Waals surface area contributed by atoms with Crippen molar-refractivity contribution in [3.63, 3.8) is 0 Å². The van der Waals surface area contributed by atoms with E-state index in [0.29, 0.717) is 0 Å². The van der Waals surface area contributed by atoms with Gasteiger partial charge in [-0.25, -0.2) is 0 Å². The smallest absolute Gasteiger partial charge is 0.324 e. The van der Waals surface area contributed by atoms with Gasteiger partial charge in [0.15, 0.2) is 5.75 Å². The molecular weight excluding hydrogens is 347 g/mol. The van der Waals surface area contributed by atoms with E-state index in [-0.39, 0.29) is 37.5 Å². The maximum Gasteiger partial charge on any atom is 0.324 e. The van der Waals surface area contributed by atoms with E-state index in [9.17, 15) is 4.79 Å². The maximum atomic E-state index is 10.5. The number of carboxylic acids is 1. The van der Waals surface area contributed by atoms with E-state index in [1.54, 1.807) is 0 Å². The fourth-order valence-electron chi connectivity index (χ4n) is 0.956. The van der Waals surface area contributed by atoms with Gasteiger partial charge in [0, 0.05) is 0 Å². The van der Waals surface area contributed by atoms with Gasteiger partial charge < -0.3 is 15.6 Å². The summed E-state index contributed by atoms with van der Waals surface area (Å²) in [6.07, 6.45) is 0. The number of aliphatic carboxylic acids is 1. The molecule has 0 heterocycles. The van der Waals surface area contributed by atoms with Crippen LogP contribution in [0.15, 0.2) is 0 Å². The molecule has 3 N–H and O–H groups in total. The van der Waals surface area contributed by atoms with Crippen molar-refractivity contribution in [2.75, 3.05) is 6.61 Å². The topological polar surface area (TPSA) is 72.5 Å². The lowest BCUT2D eigenvalue weighted by molar-refractivity contribution is -0.139. The number of benzene rings is 1. The molecule has 1 rings (SSSR count). The lowest BCUT2D eigenvalue weighted by Crippen LogP contribution is -2.36. The molecule has 100 valence electrons. The van der Waals surface area contributed by atoms with Crippen molar-refractivity contribution in [3.8, 4) is 5.75 Å². The number of rotatable bonds is 4. The average molecular weight is 353 g/mol. The predicted octanol–water partition coefficient (Wildman–Crippen LogP) is 3.74. The summed E-state index contributed by atoms with van der Waals surface area (Å²) >= 11 is 29.1. The van der Waals surface area contributed by atoms with Gasteiger partial charge in [-0.3, -0.25) is 4.79 Å². The molecule has 0 aliphatic carbocycles. The molecule has 1 aromatic carbocycles. The van der Waals surface area contributed by atoms with Crippen molar-refractivity contribution < 1.29 is 14.6 Å². The fraction of sp³-hybridized carbons (Fsp3) is 0.222. The summed E-state index contributed by atoms with van der Waals surface area (Å²) in [5, 5.41) is 8.40. The molecule has 18 heavy (non-hydrogen) atoms. The molecule has 0 aromatic heterocycles. The Labute approximate surface area is 127 Å². The number of halogens is 5. The molecule has 1 unspecified atom stereocenters. The Hall–Kier alpha value is -0.100. The summed E-state index contributed by atoms with van der Waals surface area (Å²) in [5.74, 6) is -1.29. The van der Waals surface area contributed by atoms with Crippen LogP contribution in [0.2, 0.25) is 25.1 Å². The van der Waals surface area contributed by atoms with E-state index in [1.165, 1.54) is 0 Å². The highest BCUT2D eigenvalue weighted by Crippen LogP contribution is 2.48. The summed E-state index contributed by atoms with van der Waals surface area (Å²) < 4.78 is 5.11. The van der Waals surface area contributed by atoms with Crippen LogP contribution in [0.5, 0.6) is 5.75 Å². The van der Waals surface area contributed by atoms with Gasteiger partial charge in [-0.2, -0.15) is 0 Å². The molecule has 0 aliphatic rings. The summed E-state index contributed by atoms with van der Waals surface area (Å²) in [6, 6.07) is -1.23. The van der Waals surface area contributed by atoms with Gasteiger partial charge in [0.2, 0.25) is 0 Å². The Morgan fingerprint density at radius 1 is 1.06 bits per heavy atom. The van der Waals surface area contributed by atoms with E-state index in [0.717, 1.165) is 0 Å².